The van der Waals surface area contributed by atoms with Gasteiger partial charge in [0.15, 0.2) is 11.5 Å². The second-order valence-electron chi connectivity index (χ2n) is 5.09. The molecular weight excluding hydrogens is 283 g/mol. The van der Waals surface area contributed by atoms with E-state index in [0.717, 1.165) is 43.3 Å². The Labute approximate surface area is 122 Å². The number of aromatic nitrogens is 1. The van der Waals surface area contributed by atoms with Crippen molar-refractivity contribution in [3.63, 3.8) is 0 Å². The van der Waals surface area contributed by atoms with Gasteiger partial charge in [-0.2, -0.15) is 0 Å². The molecule has 1 atom stereocenters. The fraction of sp³-hybridized carbons (Fsp3) is 0.500. The van der Waals surface area contributed by atoms with Gasteiger partial charge in [-0.3, -0.25) is 0 Å². The van der Waals surface area contributed by atoms with Crippen LogP contribution in [0, 0.1) is 5.92 Å². The van der Waals surface area contributed by atoms with Crippen molar-refractivity contribution >= 4 is 34.3 Å². The number of aryl methyl sites for hydroxylation is 1. The quantitative estimate of drug-likeness (QED) is 0.928. The van der Waals surface area contributed by atoms with Gasteiger partial charge < -0.3 is 9.73 Å². The third-order valence-corrected chi connectivity index (χ3v) is 4.12. The highest BCUT2D eigenvalue weighted by Gasteiger charge is 2.15. The van der Waals surface area contributed by atoms with Gasteiger partial charge in [0, 0.05) is 11.4 Å². The minimum absolute atomic E-state index is 0.528. The predicted molar refractivity (Wildman–Crippen MR) is 77.9 cm³/mol. The highest BCUT2D eigenvalue weighted by Crippen LogP contribution is 2.29. The van der Waals surface area contributed by atoms with E-state index in [1.165, 1.54) is 12.8 Å². The molecule has 1 saturated heterocycles. The maximum atomic E-state index is 6.10. The molecule has 1 aromatic heterocycles. The van der Waals surface area contributed by atoms with Gasteiger partial charge in [0.2, 0.25) is 0 Å². The van der Waals surface area contributed by atoms with Gasteiger partial charge in [-0.15, -0.1) is 0 Å². The van der Waals surface area contributed by atoms with Gasteiger partial charge in [-0.25, -0.2) is 4.98 Å². The lowest BCUT2D eigenvalue weighted by atomic mass is 9.95. The smallest absolute Gasteiger partial charge is 0.195 e. The van der Waals surface area contributed by atoms with E-state index in [0.29, 0.717) is 15.6 Å². The lowest BCUT2D eigenvalue weighted by Crippen LogP contribution is -2.29. The first kappa shape index (κ1) is 13.2. The molecule has 19 heavy (non-hydrogen) atoms. The predicted octanol–water partition coefficient (Wildman–Crippen LogP) is 4.07. The van der Waals surface area contributed by atoms with E-state index in [1.54, 1.807) is 12.1 Å². The van der Waals surface area contributed by atoms with Gasteiger partial charge in [0.25, 0.3) is 0 Å². The van der Waals surface area contributed by atoms with E-state index in [2.05, 4.69) is 10.3 Å². The first-order valence-electron chi connectivity index (χ1n) is 6.67. The van der Waals surface area contributed by atoms with Crippen LogP contribution in [-0.2, 0) is 6.42 Å². The molecule has 1 aromatic carbocycles. The number of benzene rings is 1. The maximum Gasteiger partial charge on any atom is 0.195 e. The molecule has 1 fully saturated rings. The van der Waals surface area contributed by atoms with Crippen LogP contribution in [0.1, 0.15) is 25.2 Å². The van der Waals surface area contributed by atoms with Crippen LogP contribution in [0.4, 0.5) is 0 Å². The molecule has 1 aliphatic rings. The molecule has 3 nitrogen and oxygen atoms in total. The monoisotopic (exact) mass is 298 g/mol. The average Bonchev–Trinajstić information content (AvgIpc) is 2.81. The van der Waals surface area contributed by atoms with Crippen LogP contribution in [0.25, 0.3) is 11.1 Å². The molecule has 3 rings (SSSR count). The van der Waals surface area contributed by atoms with E-state index in [1.807, 2.05) is 0 Å². The number of hydrogen-bond acceptors (Lipinski definition) is 3. The highest BCUT2D eigenvalue weighted by atomic mass is 35.5. The summed E-state index contributed by atoms with van der Waals surface area (Å²) in [6.07, 6.45) is 4.51. The van der Waals surface area contributed by atoms with Crippen LogP contribution in [0.5, 0.6) is 0 Å². The van der Waals surface area contributed by atoms with Crippen molar-refractivity contribution < 1.29 is 4.42 Å². The molecule has 0 radical (unpaired) electrons. The summed E-state index contributed by atoms with van der Waals surface area (Å²) in [7, 11) is 0. The second kappa shape index (κ2) is 5.70. The summed E-state index contributed by atoms with van der Waals surface area (Å²) >= 11 is 12.1. The van der Waals surface area contributed by atoms with Gasteiger partial charge in [-0.05, 0) is 50.4 Å². The molecule has 2 aromatic rings. The number of nitrogens with one attached hydrogen (secondary N) is 1. The number of halogens is 2. The third kappa shape index (κ3) is 3.04. The van der Waals surface area contributed by atoms with Crippen LogP contribution in [0.2, 0.25) is 10.0 Å². The van der Waals surface area contributed by atoms with E-state index in [4.69, 9.17) is 27.6 Å². The molecule has 1 N–H and O–H groups in total. The van der Waals surface area contributed by atoms with Crippen molar-refractivity contribution in [1.82, 2.24) is 10.3 Å². The normalized spacial score (nSPS) is 20.0. The number of rotatable bonds is 3. The number of hydrogen-bond donors (Lipinski definition) is 1. The summed E-state index contributed by atoms with van der Waals surface area (Å²) in [6.45, 7) is 2.25. The molecule has 0 saturated carbocycles. The fourth-order valence-corrected chi connectivity index (χ4v) is 3.13. The van der Waals surface area contributed by atoms with E-state index < -0.39 is 0 Å². The molecule has 0 spiro atoms. The second-order valence-corrected chi connectivity index (χ2v) is 5.94. The molecule has 1 aliphatic heterocycles. The lowest BCUT2D eigenvalue weighted by Gasteiger charge is -2.21. The molecule has 0 amide bonds. The Morgan fingerprint density at radius 3 is 3.05 bits per heavy atom. The Kier molecular flexibility index (Phi) is 3.96. The largest absolute Gasteiger partial charge is 0.439 e. The minimum atomic E-state index is 0.528. The Hall–Kier alpha value is -0.770. The Balaban J connectivity index is 1.72. The summed E-state index contributed by atoms with van der Waals surface area (Å²) in [5.41, 5.74) is 1.39. The highest BCUT2D eigenvalue weighted by molar-refractivity contribution is 6.37. The molecule has 5 heteroatoms. The molecule has 102 valence electrons. The summed E-state index contributed by atoms with van der Waals surface area (Å²) in [5.74, 6) is 1.48. The lowest BCUT2D eigenvalue weighted by molar-refractivity contribution is 0.347. The van der Waals surface area contributed by atoms with Crippen molar-refractivity contribution in [2.45, 2.75) is 25.7 Å². The Bertz CT molecular complexity index is 576. The van der Waals surface area contributed by atoms with Crippen molar-refractivity contribution in [3.05, 3.63) is 28.1 Å². The van der Waals surface area contributed by atoms with E-state index in [9.17, 15) is 0 Å². The zero-order chi connectivity index (χ0) is 13.2. The SMILES string of the molecule is Clc1cc(Cl)c2oc(CCC3CCCNC3)nc2c1. The van der Waals surface area contributed by atoms with E-state index in [-0.39, 0.29) is 0 Å². The third-order valence-electron chi connectivity index (χ3n) is 3.62. The number of piperidine rings is 1. The van der Waals surface area contributed by atoms with Crippen LogP contribution in [0.3, 0.4) is 0 Å². The Morgan fingerprint density at radius 1 is 1.37 bits per heavy atom. The number of fused-ring (bicyclic) bond motifs is 1. The zero-order valence-electron chi connectivity index (χ0n) is 10.6. The summed E-state index contributed by atoms with van der Waals surface area (Å²) in [5, 5.41) is 4.54. The minimum Gasteiger partial charge on any atom is -0.439 e. The molecule has 2 heterocycles. The summed E-state index contributed by atoms with van der Waals surface area (Å²) in [4.78, 5) is 4.46. The molecule has 0 bridgehead atoms. The van der Waals surface area contributed by atoms with Gasteiger partial charge >= 0.3 is 0 Å². The average molecular weight is 299 g/mol. The van der Waals surface area contributed by atoms with Crippen LogP contribution in [-0.4, -0.2) is 18.1 Å². The van der Waals surface area contributed by atoms with Crippen molar-refractivity contribution in [2.24, 2.45) is 5.92 Å². The summed E-state index contributed by atoms with van der Waals surface area (Å²) in [6, 6.07) is 3.48. The van der Waals surface area contributed by atoms with Gasteiger partial charge in [0.05, 0.1) is 5.02 Å². The topological polar surface area (TPSA) is 38.1 Å². The van der Waals surface area contributed by atoms with Crippen LogP contribution < -0.4 is 5.32 Å². The van der Waals surface area contributed by atoms with Crippen LogP contribution >= 0.6 is 23.2 Å². The standard InChI is InChI=1S/C14H16Cl2N2O/c15-10-6-11(16)14-12(7-10)18-13(19-14)4-3-9-2-1-5-17-8-9/h6-7,9,17H,1-5,8H2. The number of oxazole rings is 1. The van der Waals surface area contributed by atoms with Gasteiger partial charge in [-0.1, -0.05) is 23.2 Å². The van der Waals surface area contributed by atoms with Crippen LogP contribution in [0.15, 0.2) is 16.5 Å². The van der Waals surface area contributed by atoms with Gasteiger partial charge in [0.1, 0.15) is 5.52 Å². The molecule has 0 aliphatic carbocycles. The molecular formula is C14H16Cl2N2O. The Morgan fingerprint density at radius 2 is 2.26 bits per heavy atom. The van der Waals surface area contributed by atoms with Crippen molar-refractivity contribution in [1.29, 1.82) is 0 Å². The molecule has 1 unspecified atom stereocenters. The summed E-state index contributed by atoms with van der Waals surface area (Å²) < 4.78 is 5.72. The van der Waals surface area contributed by atoms with Crippen molar-refractivity contribution in [3.8, 4) is 0 Å². The van der Waals surface area contributed by atoms with Crippen molar-refractivity contribution in [2.75, 3.05) is 13.1 Å². The maximum absolute atomic E-state index is 6.10. The first-order valence-corrected chi connectivity index (χ1v) is 7.43. The van der Waals surface area contributed by atoms with E-state index >= 15 is 0 Å². The first-order chi connectivity index (χ1) is 9.22. The zero-order valence-corrected chi connectivity index (χ0v) is 12.1. The fourth-order valence-electron chi connectivity index (χ4n) is 2.61. The number of nitrogens with zero attached hydrogens (tertiary/aromatic N) is 1.